The Hall–Kier alpha value is -3.56. The van der Waals surface area contributed by atoms with Gasteiger partial charge >= 0.3 is 0 Å². The van der Waals surface area contributed by atoms with Crippen molar-refractivity contribution in [2.75, 3.05) is 5.32 Å². The van der Waals surface area contributed by atoms with Crippen LogP contribution in [0.3, 0.4) is 0 Å². The van der Waals surface area contributed by atoms with Gasteiger partial charge in [0, 0.05) is 17.0 Å². The number of aromatic nitrogens is 1. The number of para-hydroxylation sites is 2. The number of fused-ring (bicyclic) bond motifs is 1. The fourth-order valence-electron chi connectivity index (χ4n) is 2.78. The predicted octanol–water partition coefficient (Wildman–Crippen LogP) is 5.24. The minimum Gasteiger partial charge on any atom is -0.431 e. The number of benzene rings is 3. The summed E-state index contributed by atoms with van der Waals surface area (Å²) in [6.45, 7) is 0. The van der Waals surface area contributed by atoms with Crippen LogP contribution in [0.2, 0.25) is 0 Å². The van der Waals surface area contributed by atoms with Crippen LogP contribution in [0, 0.1) is 11.3 Å². The Morgan fingerprint density at radius 1 is 1.07 bits per heavy atom. The molecule has 4 aromatic rings. The maximum Gasteiger partial charge on any atom is 0.257 e. The van der Waals surface area contributed by atoms with Gasteiger partial charge in [0.1, 0.15) is 5.52 Å². The largest absolute Gasteiger partial charge is 0.431 e. The van der Waals surface area contributed by atoms with E-state index in [0.29, 0.717) is 27.8 Å². The molecule has 28 heavy (non-hydrogen) atoms. The first-order chi connectivity index (χ1) is 13.7. The van der Waals surface area contributed by atoms with Crippen molar-refractivity contribution in [2.45, 2.75) is 11.0 Å². The number of nitrogens with one attached hydrogen (secondary N) is 1. The van der Waals surface area contributed by atoms with E-state index in [2.05, 4.69) is 16.4 Å². The number of rotatable bonds is 5. The van der Waals surface area contributed by atoms with E-state index in [1.807, 2.05) is 42.5 Å². The molecule has 0 atom stereocenters. The van der Waals surface area contributed by atoms with Gasteiger partial charge in [-0.3, -0.25) is 4.79 Å². The minimum atomic E-state index is -0.219. The van der Waals surface area contributed by atoms with Gasteiger partial charge in [0.25, 0.3) is 11.1 Å². The van der Waals surface area contributed by atoms with Gasteiger partial charge in [-0.1, -0.05) is 48.2 Å². The van der Waals surface area contributed by atoms with Gasteiger partial charge in [-0.2, -0.15) is 5.26 Å². The third-order valence-electron chi connectivity index (χ3n) is 4.14. The van der Waals surface area contributed by atoms with Crippen LogP contribution in [-0.2, 0) is 5.75 Å². The number of carbonyl (C=O) groups excluding carboxylic acids is 1. The molecule has 0 spiro atoms. The van der Waals surface area contributed by atoms with E-state index in [1.165, 1.54) is 11.8 Å². The molecule has 1 N–H and O–H groups in total. The molecule has 0 aliphatic rings. The van der Waals surface area contributed by atoms with Gasteiger partial charge in [0.2, 0.25) is 0 Å². The summed E-state index contributed by atoms with van der Waals surface area (Å²) in [4.78, 5) is 17.2. The summed E-state index contributed by atoms with van der Waals surface area (Å²) in [5, 5.41) is 12.4. The first-order valence-electron chi connectivity index (χ1n) is 8.61. The van der Waals surface area contributed by atoms with Gasteiger partial charge in [-0.05, 0) is 42.0 Å². The molecule has 1 heterocycles. The van der Waals surface area contributed by atoms with Crippen molar-refractivity contribution in [3.63, 3.8) is 0 Å². The Kier molecular flexibility index (Phi) is 5.09. The molecule has 5 nitrogen and oxygen atoms in total. The van der Waals surface area contributed by atoms with Gasteiger partial charge in [-0.15, -0.1) is 0 Å². The van der Waals surface area contributed by atoms with Gasteiger partial charge in [-0.25, -0.2) is 4.98 Å². The van der Waals surface area contributed by atoms with Crippen LogP contribution >= 0.6 is 11.8 Å². The normalized spacial score (nSPS) is 10.5. The molecule has 1 aromatic heterocycles. The molecule has 3 aromatic carbocycles. The minimum absolute atomic E-state index is 0.219. The van der Waals surface area contributed by atoms with Gasteiger partial charge < -0.3 is 9.73 Å². The van der Waals surface area contributed by atoms with Crippen LogP contribution in [0.25, 0.3) is 11.1 Å². The summed E-state index contributed by atoms with van der Waals surface area (Å²) in [6.07, 6.45) is 0. The highest BCUT2D eigenvalue weighted by atomic mass is 32.2. The van der Waals surface area contributed by atoms with Crippen LogP contribution in [0.5, 0.6) is 0 Å². The molecule has 136 valence electrons. The number of oxazole rings is 1. The molecule has 6 heteroatoms. The Labute approximate surface area is 166 Å². The van der Waals surface area contributed by atoms with E-state index < -0.39 is 0 Å². The molecular formula is C22H15N3O2S. The summed E-state index contributed by atoms with van der Waals surface area (Å²) in [6, 6.07) is 23.9. The second-order valence-corrected chi connectivity index (χ2v) is 6.97. The number of anilines is 1. The van der Waals surface area contributed by atoms with Crippen LogP contribution < -0.4 is 5.32 Å². The number of thioether (sulfide) groups is 1. The SMILES string of the molecule is N#Cc1cccc(NC(=O)c2ccccc2CSc2nc3ccccc3o2)c1. The second-order valence-electron chi connectivity index (χ2n) is 6.04. The summed E-state index contributed by atoms with van der Waals surface area (Å²) in [5.41, 5.74) is 4.10. The fourth-order valence-corrected chi connectivity index (χ4v) is 3.63. The van der Waals surface area contributed by atoms with Crippen molar-refractivity contribution < 1.29 is 9.21 Å². The Bertz CT molecular complexity index is 1160. The third-order valence-corrected chi connectivity index (χ3v) is 5.01. The van der Waals surface area contributed by atoms with E-state index in [9.17, 15) is 4.79 Å². The zero-order chi connectivity index (χ0) is 19.3. The van der Waals surface area contributed by atoms with Crippen molar-refractivity contribution in [3.8, 4) is 6.07 Å². The Morgan fingerprint density at radius 3 is 2.75 bits per heavy atom. The number of nitrogens with zero attached hydrogens (tertiary/aromatic N) is 2. The first-order valence-corrected chi connectivity index (χ1v) is 9.59. The Balaban J connectivity index is 1.51. The summed E-state index contributed by atoms with van der Waals surface area (Å²) < 4.78 is 5.73. The van der Waals surface area contributed by atoms with Crippen LogP contribution in [0.1, 0.15) is 21.5 Å². The molecule has 0 saturated heterocycles. The fraction of sp³-hybridized carbons (Fsp3) is 0.0455. The number of amides is 1. The monoisotopic (exact) mass is 385 g/mol. The standard InChI is InChI=1S/C22H15N3O2S/c23-13-15-6-5-8-17(12-15)24-21(26)18-9-2-1-7-16(18)14-28-22-25-19-10-3-4-11-20(19)27-22/h1-12H,14H2,(H,24,26). The molecule has 0 bridgehead atoms. The summed E-state index contributed by atoms with van der Waals surface area (Å²) in [7, 11) is 0. The topological polar surface area (TPSA) is 78.9 Å². The van der Waals surface area contributed by atoms with Crippen LogP contribution in [0.15, 0.2) is 82.4 Å². The molecule has 0 aliphatic heterocycles. The van der Waals surface area contributed by atoms with Gasteiger partial charge in [0.15, 0.2) is 5.58 Å². The van der Waals surface area contributed by atoms with Crippen LogP contribution in [-0.4, -0.2) is 10.9 Å². The quantitative estimate of drug-likeness (QED) is 0.475. The molecule has 4 rings (SSSR count). The maximum atomic E-state index is 12.7. The van der Waals surface area contributed by atoms with Crippen molar-refractivity contribution >= 4 is 34.5 Å². The van der Waals surface area contributed by atoms with Gasteiger partial charge in [0.05, 0.1) is 11.6 Å². The number of carbonyl (C=O) groups is 1. The highest BCUT2D eigenvalue weighted by Crippen LogP contribution is 2.27. The third kappa shape index (κ3) is 3.90. The predicted molar refractivity (Wildman–Crippen MR) is 109 cm³/mol. The Morgan fingerprint density at radius 2 is 1.89 bits per heavy atom. The molecule has 0 unspecified atom stereocenters. The summed E-state index contributed by atoms with van der Waals surface area (Å²) in [5.74, 6) is 0.332. The molecule has 0 saturated carbocycles. The van der Waals surface area contributed by atoms with E-state index in [1.54, 1.807) is 30.3 Å². The smallest absolute Gasteiger partial charge is 0.257 e. The van der Waals surface area contributed by atoms with E-state index in [-0.39, 0.29) is 5.91 Å². The van der Waals surface area contributed by atoms with Crippen LogP contribution in [0.4, 0.5) is 5.69 Å². The zero-order valence-electron chi connectivity index (χ0n) is 14.8. The zero-order valence-corrected chi connectivity index (χ0v) is 15.6. The lowest BCUT2D eigenvalue weighted by atomic mass is 10.1. The van der Waals surface area contributed by atoms with E-state index in [0.717, 1.165) is 16.7 Å². The lowest BCUT2D eigenvalue weighted by Gasteiger charge is -2.09. The lowest BCUT2D eigenvalue weighted by molar-refractivity contribution is 0.102. The second kappa shape index (κ2) is 7.99. The molecule has 0 radical (unpaired) electrons. The molecule has 0 aliphatic carbocycles. The first kappa shape index (κ1) is 17.8. The average Bonchev–Trinajstić information content (AvgIpc) is 3.15. The van der Waals surface area contributed by atoms with Crippen molar-refractivity contribution in [2.24, 2.45) is 0 Å². The highest BCUT2D eigenvalue weighted by molar-refractivity contribution is 7.98. The van der Waals surface area contributed by atoms with Crippen molar-refractivity contribution in [1.82, 2.24) is 4.98 Å². The lowest BCUT2D eigenvalue weighted by Crippen LogP contribution is -2.14. The average molecular weight is 385 g/mol. The molecule has 0 fully saturated rings. The number of hydrogen-bond donors (Lipinski definition) is 1. The maximum absolute atomic E-state index is 12.7. The van der Waals surface area contributed by atoms with E-state index >= 15 is 0 Å². The van der Waals surface area contributed by atoms with E-state index in [4.69, 9.17) is 9.68 Å². The number of hydrogen-bond acceptors (Lipinski definition) is 5. The van der Waals surface area contributed by atoms with Crippen molar-refractivity contribution in [1.29, 1.82) is 5.26 Å². The molecular weight excluding hydrogens is 370 g/mol. The van der Waals surface area contributed by atoms with Crippen molar-refractivity contribution in [3.05, 3.63) is 89.5 Å². The summed E-state index contributed by atoms with van der Waals surface area (Å²) >= 11 is 1.44. The molecule has 1 amide bonds. The number of nitriles is 1. The highest BCUT2D eigenvalue weighted by Gasteiger charge is 2.13.